The minimum atomic E-state index is -0.249. The fraction of sp³-hybridized carbons (Fsp3) is 0.357. The molecule has 110 valence electrons. The first-order valence-electron chi connectivity index (χ1n) is 6.56. The maximum atomic E-state index is 5.81. The molecule has 3 rings (SSSR count). The number of benzene rings is 1. The molecule has 2 N–H and O–H groups in total. The zero-order chi connectivity index (χ0) is 15.2. The van der Waals surface area contributed by atoms with Crippen LogP contribution in [0.3, 0.4) is 0 Å². The predicted octanol–water partition coefficient (Wildman–Crippen LogP) is 2.23. The van der Waals surface area contributed by atoms with Crippen LogP contribution < -0.4 is 16.1 Å². The first kappa shape index (κ1) is 13.8. The summed E-state index contributed by atoms with van der Waals surface area (Å²) in [6.45, 7) is 6.07. The van der Waals surface area contributed by atoms with Crippen LogP contribution >= 0.6 is 11.3 Å². The lowest BCUT2D eigenvalue weighted by Crippen LogP contribution is -2.26. The van der Waals surface area contributed by atoms with Crippen molar-refractivity contribution in [1.82, 2.24) is 14.4 Å². The van der Waals surface area contributed by atoms with Crippen molar-refractivity contribution in [2.45, 2.75) is 26.3 Å². The number of hydrogen-bond acceptors (Lipinski definition) is 6. The van der Waals surface area contributed by atoms with Gasteiger partial charge < -0.3 is 10.5 Å². The quantitative estimate of drug-likeness (QED) is 0.748. The highest BCUT2D eigenvalue weighted by atomic mass is 32.1. The molecule has 0 aliphatic carbocycles. The summed E-state index contributed by atoms with van der Waals surface area (Å²) in [4.78, 5) is 14.0. The zero-order valence-corrected chi connectivity index (χ0v) is 13.2. The van der Waals surface area contributed by atoms with E-state index in [9.17, 15) is 0 Å². The third kappa shape index (κ3) is 2.56. The number of nitrogens with zero attached hydrogens (tertiary/aromatic N) is 4. The van der Waals surface area contributed by atoms with Gasteiger partial charge in [-0.25, -0.2) is 4.99 Å². The lowest BCUT2D eigenvalue weighted by Gasteiger charge is -2.10. The Balaban J connectivity index is 2.45. The third-order valence-corrected chi connectivity index (χ3v) is 3.86. The van der Waals surface area contributed by atoms with E-state index in [1.54, 1.807) is 7.11 Å². The molecule has 0 aliphatic rings. The Morgan fingerprint density at radius 2 is 2.05 bits per heavy atom. The first-order chi connectivity index (χ1) is 9.87. The van der Waals surface area contributed by atoms with Crippen LogP contribution in [-0.2, 0) is 0 Å². The monoisotopic (exact) mass is 303 g/mol. The smallest absolute Gasteiger partial charge is 0.235 e. The Morgan fingerprint density at radius 1 is 1.29 bits per heavy atom. The van der Waals surface area contributed by atoms with Crippen molar-refractivity contribution in [2.75, 3.05) is 12.8 Å². The molecule has 0 fully saturated rings. The Labute approximate surface area is 125 Å². The van der Waals surface area contributed by atoms with E-state index in [1.807, 2.05) is 43.4 Å². The summed E-state index contributed by atoms with van der Waals surface area (Å²) in [6, 6.07) is 5.88. The van der Waals surface area contributed by atoms with E-state index in [4.69, 9.17) is 10.5 Å². The largest absolute Gasteiger partial charge is 0.497 e. The fourth-order valence-electron chi connectivity index (χ4n) is 2.05. The van der Waals surface area contributed by atoms with E-state index in [2.05, 4.69) is 15.0 Å². The van der Waals surface area contributed by atoms with Crippen molar-refractivity contribution >= 4 is 32.5 Å². The van der Waals surface area contributed by atoms with Crippen molar-refractivity contribution in [3.8, 4) is 5.75 Å². The standard InChI is InChI=1S/C14H17N5OS/c1-14(2,3)18-12-16-11(15)17-13-19(12)9-6-5-8(20-4)7-10(9)21-13/h5-7H,1-4H3,(H2,15,16,18). The summed E-state index contributed by atoms with van der Waals surface area (Å²) < 4.78 is 8.25. The molecule has 0 spiro atoms. The van der Waals surface area contributed by atoms with Crippen LogP contribution in [0.1, 0.15) is 20.8 Å². The predicted molar refractivity (Wildman–Crippen MR) is 84.7 cm³/mol. The number of thiazole rings is 1. The molecule has 0 aliphatic heterocycles. The maximum Gasteiger partial charge on any atom is 0.235 e. The average Bonchev–Trinajstić information content (AvgIpc) is 2.73. The SMILES string of the molecule is COc1ccc2c(c1)sc1nc(N)n/c(=N\C(C)(C)C)n12. The summed E-state index contributed by atoms with van der Waals surface area (Å²) >= 11 is 1.54. The van der Waals surface area contributed by atoms with Crippen molar-refractivity contribution in [3.05, 3.63) is 23.8 Å². The molecule has 0 bridgehead atoms. The molecule has 0 atom stereocenters. The van der Waals surface area contributed by atoms with Gasteiger partial charge in [-0.05, 0) is 39.0 Å². The van der Waals surface area contributed by atoms with E-state index < -0.39 is 0 Å². The van der Waals surface area contributed by atoms with E-state index in [0.29, 0.717) is 5.62 Å². The van der Waals surface area contributed by atoms with Gasteiger partial charge in [0.05, 0.1) is 22.9 Å². The summed E-state index contributed by atoms with van der Waals surface area (Å²) in [5.74, 6) is 1.04. The van der Waals surface area contributed by atoms with Crippen LogP contribution in [0.25, 0.3) is 15.2 Å². The van der Waals surface area contributed by atoms with Crippen molar-refractivity contribution in [2.24, 2.45) is 4.99 Å². The van der Waals surface area contributed by atoms with Gasteiger partial charge in [-0.3, -0.25) is 4.40 Å². The Kier molecular flexibility index (Phi) is 3.09. The highest BCUT2D eigenvalue weighted by Crippen LogP contribution is 2.27. The molecule has 2 heterocycles. The van der Waals surface area contributed by atoms with Gasteiger partial charge >= 0.3 is 0 Å². The van der Waals surface area contributed by atoms with Gasteiger partial charge in [-0.1, -0.05) is 11.3 Å². The van der Waals surface area contributed by atoms with E-state index >= 15 is 0 Å². The topological polar surface area (TPSA) is 77.8 Å². The van der Waals surface area contributed by atoms with Crippen LogP contribution in [0.2, 0.25) is 0 Å². The molecule has 0 amide bonds. The minimum Gasteiger partial charge on any atom is -0.497 e. The van der Waals surface area contributed by atoms with Crippen molar-refractivity contribution in [1.29, 1.82) is 0 Å². The van der Waals surface area contributed by atoms with Crippen LogP contribution in [-0.4, -0.2) is 27.0 Å². The van der Waals surface area contributed by atoms with Crippen LogP contribution in [0.5, 0.6) is 5.75 Å². The van der Waals surface area contributed by atoms with Gasteiger partial charge in [-0.15, -0.1) is 0 Å². The van der Waals surface area contributed by atoms with Gasteiger partial charge in [0.25, 0.3) is 0 Å². The maximum absolute atomic E-state index is 5.81. The lowest BCUT2D eigenvalue weighted by molar-refractivity contribution is 0.415. The third-order valence-electron chi connectivity index (χ3n) is 2.86. The average molecular weight is 303 g/mol. The molecular weight excluding hydrogens is 286 g/mol. The number of methoxy groups -OCH3 is 1. The number of nitrogens with two attached hydrogens (primary N) is 1. The number of rotatable bonds is 1. The zero-order valence-electron chi connectivity index (χ0n) is 12.4. The van der Waals surface area contributed by atoms with Gasteiger partial charge in [0.1, 0.15) is 5.75 Å². The number of ether oxygens (including phenoxy) is 1. The van der Waals surface area contributed by atoms with Gasteiger partial charge in [0, 0.05) is 0 Å². The minimum absolute atomic E-state index is 0.233. The van der Waals surface area contributed by atoms with E-state index in [-0.39, 0.29) is 11.5 Å². The second-order valence-electron chi connectivity index (χ2n) is 5.72. The molecule has 0 unspecified atom stereocenters. The highest BCUT2D eigenvalue weighted by Gasteiger charge is 2.13. The van der Waals surface area contributed by atoms with Crippen LogP contribution in [0.4, 0.5) is 5.95 Å². The number of anilines is 1. The molecule has 7 heteroatoms. The Morgan fingerprint density at radius 3 is 2.71 bits per heavy atom. The number of fused-ring (bicyclic) bond motifs is 3. The summed E-state index contributed by atoms with van der Waals surface area (Å²) in [5, 5.41) is 0. The highest BCUT2D eigenvalue weighted by molar-refractivity contribution is 7.23. The first-order valence-corrected chi connectivity index (χ1v) is 7.38. The number of nitrogen functional groups attached to an aromatic ring is 1. The van der Waals surface area contributed by atoms with Crippen molar-refractivity contribution < 1.29 is 4.74 Å². The van der Waals surface area contributed by atoms with E-state index in [1.165, 1.54) is 11.3 Å². The second-order valence-corrected chi connectivity index (χ2v) is 6.73. The fourth-order valence-corrected chi connectivity index (χ4v) is 3.10. The molecule has 21 heavy (non-hydrogen) atoms. The van der Waals surface area contributed by atoms with Gasteiger partial charge in [0.2, 0.25) is 16.5 Å². The number of aromatic nitrogens is 3. The van der Waals surface area contributed by atoms with Gasteiger partial charge in [0.15, 0.2) is 0 Å². The summed E-state index contributed by atoms with van der Waals surface area (Å²) in [6.07, 6.45) is 0. The summed E-state index contributed by atoms with van der Waals surface area (Å²) in [5.41, 5.74) is 7.13. The Bertz CT molecular complexity index is 888. The Hall–Kier alpha value is -2.15. The lowest BCUT2D eigenvalue weighted by atomic mass is 10.1. The van der Waals surface area contributed by atoms with Gasteiger partial charge in [-0.2, -0.15) is 9.97 Å². The molecule has 0 saturated carbocycles. The molecule has 1 aromatic carbocycles. The number of hydrogen-bond donors (Lipinski definition) is 1. The molecular formula is C14H17N5OS. The second kappa shape index (κ2) is 4.70. The van der Waals surface area contributed by atoms with Crippen molar-refractivity contribution in [3.63, 3.8) is 0 Å². The normalized spacial score (nSPS) is 13.2. The van der Waals surface area contributed by atoms with Crippen LogP contribution in [0.15, 0.2) is 23.2 Å². The van der Waals surface area contributed by atoms with Crippen LogP contribution in [0, 0.1) is 0 Å². The van der Waals surface area contributed by atoms with E-state index in [0.717, 1.165) is 20.9 Å². The summed E-state index contributed by atoms with van der Waals surface area (Å²) in [7, 11) is 1.65. The molecule has 2 aromatic heterocycles. The molecule has 0 saturated heterocycles. The molecule has 6 nitrogen and oxygen atoms in total. The molecule has 0 radical (unpaired) electrons. The molecule has 3 aromatic rings.